The number of benzene rings is 2. The van der Waals surface area contributed by atoms with E-state index >= 15 is 0 Å². The Bertz CT molecular complexity index is 791. The molecule has 0 spiro atoms. The van der Waals surface area contributed by atoms with E-state index in [4.69, 9.17) is 4.74 Å². The maximum Gasteiger partial charge on any atom is 0.209 e. The van der Waals surface area contributed by atoms with E-state index < -0.39 is 0 Å². The standard InChI is InChI=1S/C17H16BrN3OS/c1-2-22-15-10-6-3-7-12(15)11-23-17-19-16(20-21-17)13-8-4-5-9-14(13)18/h3-10H,2,11H2,1H3,(H,19,20,21). The number of nitrogens with zero attached hydrogens (tertiary/aromatic N) is 2. The minimum absolute atomic E-state index is 0.661. The number of aromatic amines is 1. The molecule has 0 saturated carbocycles. The van der Waals surface area contributed by atoms with Crippen LogP contribution in [0.15, 0.2) is 58.2 Å². The summed E-state index contributed by atoms with van der Waals surface area (Å²) in [7, 11) is 0. The van der Waals surface area contributed by atoms with E-state index in [1.165, 1.54) is 0 Å². The molecule has 6 heteroatoms. The maximum absolute atomic E-state index is 5.65. The third-order valence-corrected chi connectivity index (χ3v) is 4.81. The van der Waals surface area contributed by atoms with E-state index in [0.717, 1.165) is 38.1 Å². The number of para-hydroxylation sites is 1. The predicted octanol–water partition coefficient (Wildman–Crippen LogP) is 4.93. The Morgan fingerprint density at radius 2 is 1.91 bits per heavy atom. The Labute approximate surface area is 147 Å². The zero-order chi connectivity index (χ0) is 16.1. The quantitative estimate of drug-likeness (QED) is 0.607. The first-order valence-electron chi connectivity index (χ1n) is 7.28. The van der Waals surface area contributed by atoms with Crippen LogP contribution in [0.1, 0.15) is 12.5 Å². The highest BCUT2D eigenvalue weighted by atomic mass is 79.9. The highest BCUT2D eigenvalue weighted by Gasteiger charge is 2.10. The van der Waals surface area contributed by atoms with Gasteiger partial charge in [-0.05, 0) is 19.1 Å². The van der Waals surface area contributed by atoms with Gasteiger partial charge in [-0.3, -0.25) is 5.10 Å². The van der Waals surface area contributed by atoms with Gasteiger partial charge in [-0.2, -0.15) is 0 Å². The Balaban J connectivity index is 1.72. The van der Waals surface area contributed by atoms with Crippen molar-refractivity contribution in [1.82, 2.24) is 15.2 Å². The van der Waals surface area contributed by atoms with Crippen molar-refractivity contribution in [3.05, 3.63) is 58.6 Å². The van der Waals surface area contributed by atoms with Gasteiger partial charge in [0.2, 0.25) is 5.16 Å². The molecular formula is C17H16BrN3OS. The average molecular weight is 390 g/mol. The zero-order valence-corrected chi connectivity index (χ0v) is 15.0. The van der Waals surface area contributed by atoms with E-state index in [1.807, 2.05) is 49.4 Å². The topological polar surface area (TPSA) is 50.8 Å². The monoisotopic (exact) mass is 389 g/mol. The molecule has 3 aromatic rings. The van der Waals surface area contributed by atoms with E-state index in [1.54, 1.807) is 11.8 Å². The third-order valence-electron chi connectivity index (χ3n) is 3.22. The molecule has 118 valence electrons. The van der Waals surface area contributed by atoms with Gasteiger partial charge in [-0.1, -0.05) is 64.1 Å². The molecule has 0 aliphatic rings. The molecule has 2 aromatic carbocycles. The van der Waals surface area contributed by atoms with Crippen LogP contribution in [-0.4, -0.2) is 21.8 Å². The predicted molar refractivity (Wildman–Crippen MR) is 96.7 cm³/mol. The molecule has 1 N–H and O–H groups in total. The second-order valence-corrected chi connectivity index (χ2v) is 6.57. The van der Waals surface area contributed by atoms with Crippen molar-refractivity contribution in [2.75, 3.05) is 6.61 Å². The second kappa shape index (κ2) is 7.66. The van der Waals surface area contributed by atoms with Gasteiger partial charge in [0, 0.05) is 21.4 Å². The van der Waals surface area contributed by atoms with Crippen molar-refractivity contribution >= 4 is 27.7 Å². The summed E-state index contributed by atoms with van der Waals surface area (Å²) in [6.45, 7) is 2.65. The number of rotatable bonds is 6. The maximum atomic E-state index is 5.65. The van der Waals surface area contributed by atoms with Gasteiger partial charge >= 0.3 is 0 Å². The van der Waals surface area contributed by atoms with Crippen LogP contribution in [0.4, 0.5) is 0 Å². The molecule has 3 rings (SSSR count). The highest BCUT2D eigenvalue weighted by Crippen LogP contribution is 2.29. The molecule has 1 aromatic heterocycles. The first kappa shape index (κ1) is 16.1. The second-order valence-electron chi connectivity index (χ2n) is 4.78. The van der Waals surface area contributed by atoms with Gasteiger partial charge in [-0.15, -0.1) is 5.10 Å². The van der Waals surface area contributed by atoms with Crippen LogP contribution in [0, 0.1) is 0 Å². The molecule has 1 heterocycles. The Hall–Kier alpha value is -1.79. The van der Waals surface area contributed by atoms with Crippen molar-refractivity contribution < 1.29 is 4.74 Å². The third kappa shape index (κ3) is 3.95. The Morgan fingerprint density at radius 3 is 2.74 bits per heavy atom. The van der Waals surface area contributed by atoms with Crippen LogP contribution in [0.25, 0.3) is 11.4 Å². The Kier molecular flexibility index (Phi) is 5.35. The van der Waals surface area contributed by atoms with Gasteiger partial charge in [-0.25, -0.2) is 4.98 Å². The average Bonchev–Trinajstić information content (AvgIpc) is 3.03. The first-order valence-corrected chi connectivity index (χ1v) is 9.06. The number of aromatic nitrogens is 3. The minimum Gasteiger partial charge on any atom is -0.494 e. The molecule has 0 atom stereocenters. The summed E-state index contributed by atoms with van der Waals surface area (Å²) in [6, 6.07) is 16.0. The molecule has 0 bridgehead atoms. The van der Waals surface area contributed by atoms with E-state index in [2.05, 4.69) is 37.2 Å². The van der Waals surface area contributed by atoms with Crippen molar-refractivity contribution in [2.24, 2.45) is 0 Å². The van der Waals surface area contributed by atoms with Crippen LogP contribution >= 0.6 is 27.7 Å². The first-order chi connectivity index (χ1) is 11.3. The molecule has 0 saturated heterocycles. The van der Waals surface area contributed by atoms with E-state index in [-0.39, 0.29) is 0 Å². The van der Waals surface area contributed by atoms with E-state index in [9.17, 15) is 0 Å². The van der Waals surface area contributed by atoms with Crippen molar-refractivity contribution in [3.8, 4) is 17.1 Å². The fraction of sp³-hybridized carbons (Fsp3) is 0.176. The normalized spacial score (nSPS) is 10.7. The lowest BCUT2D eigenvalue weighted by molar-refractivity contribution is 0.337. The van der Waals surface area contributed by atoms with Gasteiger partial charge in [0.1, 0.15) is 5.75 Å². The molecule has 23 heavy (non-hydrogen) atoms. The van der Waals surface area contributed by atoms with Gasteiger partial charge < -0.3 is 4.74 Å². The lowest BCUT2D eigenvalue weighted by Crippen LogP contribution is -1.95. The summed E-state index contributed by atoms with van der Waals surface area (Å²) in [5, 5.41) is 8.01. The van der Waals surface area contributed by atoms with Crippen LogP contribution in [0.3, 0.4) is 0 Å². The SMILES string of the molecule is CCOc1ccccc1CSc1n[nH]c(-c2ccccc2Br)n1. The summed E-state index contributed by atoms with van der Waals surface area (Å²) in [6.07, 6.45) is 0. The summed E-state index contributed by atoms with van der Waals surface area (Å²) in [4.78, 5) is 4.56. The fourth-order valence-corrected chi connectivity index (χ4v) is 3.41. The van der Waals surface area contributed by atoms with E-state index in [0.29, 0.717) is 6.61 Å². The summed E-state index contributed by atoms with van der Waals surface area (Å²) in [5.74, 6) is 2.45. The minimum atomic E-state index is 0.661. The largest absolute Gasteiger partial charge is 0.494 e. The van der Waals surface area contributed by atoms with Crippen LogP contribution in [0.5, 0.6) is 5.75 Å². The number of hydrogen-bond donors (Lipinski definition) is 1. The number of thioether (sulfide) groups is 1. The van der Waals surface area contributed by atoms with Crippen LogP contribution < -0.4 is 4.74 Å². The number of halogens is 1. The van der Waals surface area contributed by atoms with Crippen LogP contribution in [-0.2, 0) is 5.75 Å². The summed E-state index contributed by atoms with van der Waals surface area (Å²) >= 11 is 5.12. The number of H-pyrrole nitrogens is 1. The van der Waals surface area contributed by atoms with Gasteiger partial charge in [0.25, 0.3) is 0 Å². The highest BCUT2D eigenvalue weighted by molar-refractivity contribution is 9.10. The number of ether oxygens (including phenoxy) is 1. The molecule has 0 aliphatic heterocycles. The smallest absolute Gasteiger partial charge is 0.209 e. The molecule has 4 nitrogen and oxygen atoms in total. The fourth-order valence-electron chi connectivity index (χ4n) is 2.15. The molecular weight excluding hydrogens is 374 g/mol. The van der Waals surface area contributed by atoms with Crippen LogP contribution in [0.2, 0.25) is 0 Å². The molecule has 0 aliphatic carbocycles. The molecule has 0 fully saturated rings. The van der Waals surface area contributed by atoms with Gasteiger partial charge in [0.15, 0.2) is 5.82 Å². The Morgan fingerprint density at radius 1 is 1.13 bits per heavy atom. The molecule has 0 amide bonds. The number of nitrogens with one attached hydrogen (secondary N) is 1. The van der Waals surface area contributed by atoms with Crippen molar-refractivity contribution in [2.45, 2.75) is 17.8 Å². The van der Waals surface area contributed by atoms with Crippen molar-refractivity contribution in [1.29, 1.82) is 0 Å². The number of hydrogen-bond acceptors (Lipinski definition) is 4. The van der Waals surface area contributed by atoms with Crippen molar-refractivity contribution in [3.63, 3.8) is 0 Å². The lowest BCUT2D eigenvalue weighted by atomic mass is 10.2. The zero-order valence-electron chi connectivity index (χ0n) is 12.6. The summed E-state index contributed by atoms with van der Waals surface area (Å²) in [5.41, 5.74) is 2.15. The molecule has 0 radical (unpaired) electrons. The lowest BCUT2D eigenvalue weighted by Gasteiger charge is -2.08. The summed E-state index contributed by atoms with van der Waals surface area (Å²) < 4.78 is 6.64. The molecule has 0 unspecified atom stereocenters. The van der Waals surface area contributed by atoms with Gasteiger partial charge in [0.05, 0.1) is 6.61 Å².